The highest BCUT2D eigenvalue weighted by Crippen LogP contribution is 2.37. The summed E-state index contributed by atoms with van der Waals surface area (Å²) in [5.41, 5.74) is -0.598. The van der Waals surface area contributed by atoms with Gasteiger partial charge in [-0.3, -0.25) is 0 Å². The van der Waals surface area contributed by atoms with Crippen molar-refractivity contribution in [2.45, 2.75) is 45.1 Å². The van der Waals surface area contributed by atoms with Crippen molar-refractivity contribution in [1.82, 2.24) is 0 Å². The molecule has 1 aliphatic rings. The van der Waals surface area contributed by atoms with Gasteiger partial charge in [0.05, 0.1) is 18.8 Å². The summed E-state index contributed by atoms with van der Waals surface area (Å²) in [5.74, 6) is -10.0. The summed E-state index contributed by atoms with van der Waals surface area (Å²) in [5, 5.41) is 0. The molecule has 0 spiro atoms. The van der Waals surface area contributed by atoms with Gasteiger partial charge in [-0.2, -0.15) is 8.78 Å². The van der Waals surface area contributed by atoms with Crippen LogP contribution < -0.4 is 14.2 Å². The van der Waals surface area contributed by atoms with E-state index in [-0.39, 0.29) is 5.92 Å². The van der Waals surface area contributed by atoms with E-state index in [1.54, 1.807) is 0 Å². The van der Waals surface area contributed by atoms with Crippen LogP contribution >= 0.6 is 0 Å². The average molecular weight is 637 g/mol. The SMILES string of the molecule is C/C=C/CCC1COC(c2ccc(C(F)(F)Oc3cc(F)c(OCc4cc(F)c(OC(F)(F)F)c(F)c4)c(F)c3)cc2)OC1. The molecule has 1 heterocycles. The number of alkyl halides is 5. The highest BCUT2D eigenvalue weighted by Gasteiger charge is 2.36. The Bertz CT molecular complexity index is 1400. The Hall–Kier alpha value is -3.91. The van der Waals surface area contributed by atoms with Crippen LogP contribution in [-0.4, -0.2) is 19.6 Å². The van der Waals surface area contributed by atoms with Gasteiger partial charge in [-0.1, -0.05) is 24.3 Å². The van der Waals surface area contributed by atoms with E-state index in [9.17, 15) is 39.5 Å². The molecule has 0 aromatic heterocycles. The van der Waals surface area contributed by atoms with Gasteiger partial charge in [0.2, 0.25) is 5.75 Å². The second kappa shape index (κ2) is 13.8. The fourth-order valence-corrected chi connectivity index (χ4v) is 4.24. The lowest BCUT2D eigenvalue weighted by molar-refractivity contribution is -0.276. The molecular weight excluding hydrogens is 611 g/mol. The van der Waals surface area contributed by atoms with E-state index in [4.69, 9.17) is 14.2 Å². The third-order valence-corrected chi connectivity index (χ3v) is 6.34. The van der Waals surface area contributed by atoms with Crippen LogP contribution in [0.4, 0.5) is 39.5 Å². The number of hydrogen-bond donors (Lipinski definition) is 0. The van der Waals surface area contributed by atoms with E-state index < -0.39 is 77.0 Å². The first-order valence-electron chi connectivity index (χ1n) is 13.1. The predicted molar refractivity (Wildman–Crippen MR) is 137 cm³/mol. The normalized spacial score (nSPS) is 17.6. The summed E-state index contributed by atoms with van der Waals surface area (Å²) in [6, 6.07) is 6.41. The van der Waals surface area contributed by atoms with Gasteiger partial charge in [0.1, 0.15) is 12.4 Å². The molecule has 5 nitrogen and oxygen atoms in total. The molecular formula is C30H25F9O5. The first kappa shape index (κ1) is 33.0. The Morgan fingerprint density at radius 1 is 0.795 bits per heavy atom. The molecule has 3 aromatic carbocycles. The van der Waals surface area contributed by atoms with Crippen LogP contribution in [0.25, 0.3) is 0 Å². The summed E-state index contributed by atoms with van der Waals surface area (Å²) in [6.45, 7) is 1.91. The zero-order chi connectivity index (χ0) is 32.1. The zero-order valence-corrected chi connectivity index (χ0v) is 22.9. The number of allylic oxidation sites excluding steroid dienone is 2. The molecule has 44 heavy (non-hydrogen) atoms. The van der Waals surface area contributed by atoms with Crippen molar-refractivity contribution >= 4 is 0 Å². The molecule has 14 heteroatoms. The molecule has 4 rings (SSSR count). The number of hydrogen-bond acceptors (Lipinski definition) is 5. The lowest BCUT2D eigenvalue weighted by Crippen LogP contribution is -2.27. The Balaban J connectivity index is 1.37. The van der Waals surface area contributed by atoms with Gasteiger partial charge in [-0.05, 0) is 49.6 Å². The van der Waals surface area contributed by atoms with Crippen LogP contribution in [0.3, 0.4) is 0 Å². The summed E-state index contributed by atoms with van der Waals surface area (Å²) >= 11 is 0. The van der Waals surface area contributed by atoms with Crippen LogP contribution in [0, 0.1) is 29.2 Å². The predicted octanol–water partition coefficient (Wildman–Crippen LogP) is 8.87. The van der Waals surface area contributed by atoms with Gasteiger partial charge in [-0.15, -0.1) is 13.2 Å². The molecule has 0 amide bonds. The molecule has 0 N–H and O–H groups in total. The number of ether oxygens (including phenoxy) is 5. The van der Waals surface area contributed by atoms with E-state index in [2.05, 4.69) is 9.47 Å². The van der Waals surface area contributed by atoms with Crippen molar-refractivity contribution in [1.29, 1.82) is 0 Å². The molecule has 1 aliphatic heterocycles. The first-order valence-corrected chi connectivity index (χ1v) is 13.1. The van der Waals surface area contributed by atoms with E-state index in [1.165, 1.54) is 12.1 Å². The van der Waals surface area contributed by atoms with Crippen LogP contribution in [-0.2, 0) is 22.2 Å². The lowest BCUT2D eigenvalue weighted by Gasteiger charge is -2.29. The summed E-state index contributed by atoms with van der Waals surface area (Å²) in [4.78, 5) is 0. The molecule has 0 aliphatic carbocycles. The van der Waals surface area contributed by atoms with Gasteiger partial charge in [-0.25, -0.2) is 17.6 Å². The molecule has 0 saturated carbocycles. The molecule has 0 atom stereocenters. The highest BCUT2D eigenvalue weighted by atomic mass is 19.4. The minimum Gasteiger partial charge on any atom is -0.483 e. The summed E-state index contributed by atoms with van der Waals surface area (Å²) in [7, 11) is 0. The maximum Gasteiger partial charge on any atom is 0.573 e. The minimum atomic E-state index is -5.37. The van der Waals surface area contributed by atoms with Crippen LogP contribution in [0.1, 0.15) is 42.7 Å². The molecule has 1 saturated heterocycles. The average Bonchev–Trinajstić information content (AvgIpc) is 2.94. The largest absolute Gasteiger partial charge is 0.573 e. The molecule has 238 valence electrons. The first-order chi connectivity index (χ1) is 20.8. The smallest absolute Gasteiger partial charge is 0.483 e. The highest BCUT2D eigenvalue weighted by molar-refractivity contribution is 5.37. The second-order valence-electron chi connectivity index (χ2n) is 9.69. The van der Waals surface area contributed by atoms with Crippen molar-refractivity contribution in [2.24, 2.45) is 5.92 Å². The summed E-state index contributed by atoms with van der Waals surface area (Å²) in [6.07, 6.45) is -4.38. The zero-order valence-electron chi connectivity index (χ0n) is 22.9. The van der Waals surface area contributed by atoms with Crippen molar-refractivity contribution in [3.8, 4) is 17.2 Å². The quantitative estimate of drug-likeness (QED) is 0.156. The molecule has 3 aromatic rings. The maximum atomic E-state index is 14.8. The van der Waals surface area contributed by atoms with E-state index in [1.807, 2.05) is 19.1 Å². The van der Waals surface area contributed by atoms with Gasteiger partial charge >= 0.3 is 12.5 Å². The number of rotatable bonds is 11. The standard InChI is InChI=1S/C30H25F9O5/c1-2-3-4-5-17-14-41-28(42-15-17)19-6-8-20(9-7-19)29(35,36)43-21-12-24(33)26(25(34)13-21)40-16-18-10-22(31)27(23(32)11-18)44-30(37,38)39/h2-3,6-13,17,28H,4-5,14-16H2,1H3/b3-2+. The molecule has 1 fully saturated rings. The monoisotopic (exact) mass is 636 g/mol. The van der Waals surface area contributed by atoms with Gasteiger partial charge in [0, 0.05) is 23.6 Å². The lowest BCUT2D eigenvalue weighted by atomic mass is 10.0. The van der Waals surface area contributed by atoms with Crippen molar-refractivity contribution < 1.29 is 63.2 Å². The third kappa shape index (κ3) is 8.59. The van der Waals surface area contributed by atoms with E-state index in [0.29, 0.717) is 43.0 Å². The Morgan fingerprint density at radius 2 is 1.36 bits per heavy atom. The molecule has 0 radical (unpaired) electrons. The Labute approximate surface area is 245 Å². The second-order valence-corrected chi connectivity index (χ2v) is 9.69. The van der Waals surface area contributed by atoms with E-state index >= 15 is 0 Å². The van der Waals surface area contributed by atoms with Crippen molar-refractivity contribution in [3.63, 3.8) is 0 Å². The van der Waals surface area contributed by atoms with Crippen molar-refractivity contribution in [3.05, 3.63) is 101 Å². The van der Waals surface area contributed by atoms with Crippen LogP contribution in [0.15, 0.2) is 60.7 Å². The Morgan fingerprint density at radius 3 is 1.91 bits per heavy atom. The van der Waals surface area contributed by atoms with Gasteiger partial charge < -0.3 is 23.7 Å². The van der Waals surface area contributed by atoms with Gasteiger partial charge in [0.15, 0.2) is 35.3 Å². The third-order valence-electron chi connectivity index (χ3n) is 6.34. The fourth-order valence-electron chi connectivity index (χ4n) is 4.24. The Kier molecular flexibility index (Phi) is 10.4. The fraction of sp³-hybridized carbons (Fsp3) is 0.333. The topological polar surface area (TPSA) is 46.2 Å². The maximum absolute atomic E-state index is 14.8. The van der Waals surface area contributed by atoms with Gasteiger partial charge in [0.25, 0.3) is 0 Å². The minimum absolute atomic E-state index is 0.205. The number of halogens is 9. The van der Waals surface area contributed by atoms with Crippen LogP contribution in [0.2, 0.25) is 0 Å². The van der Waals surface area contributed by atoms with E-state index in [0.717, 1.165) is 25.0 Å². The summed E-state index contributed by atoms with van der Waals surface area (Å²) < 4.78 is 148. The molecule has 0 unspecified atom stereocenters. The number of benzene rings is 3. The van der Waals surface area contributed by atoms with Crippen molar-refractivity contribution in [2.75, 3.05) is 13.2 Å². The van der Waals surface area contributed by atoms with Crippen LogP contribution in [0.5, 0.6) is 17.2 Å². The molecule has 0 bridgehead atoms.